The van der Waals surface area contributed by atoms with Crippen LogP contribution in [-0.2, 0) is 4.79 Å². The number of hydrogen-bond donors (Lipinski definition) is 2. The fourth-order valence-electron chi connectivity index (χ4n) is 2.85. The van der Waals surface area contributed by atoms with Crippen molar-refractivity contribution in [3.05, 3.63) is 0 Å². The maximum Gasteiger partial charge on any atom is 0.223 e. The fraction of sp³-hybridized carbons (Fsp3) is 0.929. The lowest BCUT2D eigenvalue weighted by molar-refractivity contribution is -0.125. The van der Waals surface area contributed by atoms with E-state index in [0.717, 1.165) is 44.9 Å². The molecular weight excluding hydrogens is 226 g/mol. The maximum atomic E-state index is 11.9. The molecule has 2 rings (SSSR count). The molecule has 0 spiro atoms. The van der Waals surface area contributed by atoms with Gasteiger partial charge in [-0.25, -0.2) is 0 Å². The van der Waals surface area contributed by atoms with Crippen LogP contribution in [0.2, 0.25) is 0 Å². The van der Waals surface area contributed by atoms with E-state index < -0.39 is 0 Å². The fourth-order valence-corrected chi connectivity index (χ4v) is 2.85. The van der Waals surface area contributed by atoms with Gasteiger partial charge in [-0.1, -0.05) is 6.92 Å². The lowest BCUT2D eigenvalue weighted by atomic mass is 9.97. The van der Waals surface area contributed by atoms with E-state index in [1.54, 1.807) is 0 Å². The van der Waals surface area contributed by atoms with Crippen molar-refractivity contribution in [3.8, 4) is 0 Å². The molecule has 0 atom stereocenters. The Kier molecular flexibility index (Phi) is 5.45. The molecule has 0 bridgehead atoms. The lowest BCUT2D eigenvalue weighted by Gasteiger charge is -2.30. The van der Waals surface area contributed by atoms with Gasteiger partial charge in [-0.3, -0.25) is 4.79 Å². The zero-order valence-corrected chi connectivity index (χ0v) is 11.6. The molecule has 2 aliphatic rings. The van der Waals surface area contributed by atoms with Crippen LogP contribution in [0.1, 0.15) is 32.6 Å². The number of amides is 1. The number of hydrogen-bond acceptors (Lipinski definition) is 3. The third-order valence-electron chi connectivity index (χ3n) is 4.31. The average Bonchev–Trinajstić information content (AvgIpc) is 2.42. The van der Waals surface area contributed by atoms with Crippen molar-refractivity contribution in [2.75, 3.05) is 39.3 Å². The predicted molar refractivity (Wildman–Crippen MR) is 73.4 cm³/mol. The van der Waals surface area contributed by atoms with Crippen molar-refractivity contribution in [2.45, 2.75) is 32.6 Å². The number of nitrogens with zero attached hydrogens (tertiary/aromatic N) is 1. The maximum absolute atomic E-state index is 11.9. The average molecular weight is 253 g/mol. The van der Waals surface area contributed by atoms with Crippen LogP contribution in [0.25, 0.3) is 0 Å². The number of carbonyl (C=O) groups is 1. The van der Waals surface area contributed by atoms with Gasteiger partial charge in [-0.2, -0.15) is 0 Å². The first-order chi connectivity index (χ1) is 8.75. The number of likely N-dealkylation sites (tertiary alicyclic amines) is 1. The highest BCUT2D eigenvalue weighted by Gasteiger charge is 2.21. The molecule has 2 fully saturated rings. The smallest absolute Gasteiger partial charge is 0.223 e. The molecule has 2 aliphatic heterocycles. The SMILES string of the molecule is CC1CCN(CCNC(=O)C2CCNCC2)CC1. The van der Waals surface area contributed by atoms with Gasteiger partial charge in [0.05, 0.1) is 0 Å². The number of piperidine rings is 2. The van der Waals surface area contributed by atoms with Crippen LogP contribution in [-0.4, -0.2) is 50.1 Å². The third kappa shape index (κ3) is 4.25. The van der Waals surface area contributed by atoms with Gasteiger partial charge in [0.25, 0.3) is 0 Å². The summed E-state index contributed by atoms with van der Waals surface area (Å²) in [7, 11) is 0. The van der Waals surface area contributed by atoms with Crippen LogP contribution in [0, 0.1) is 11.8 Å². The van der Waals surface area contributed by atoms with Gasteiger partial charge in [0, 0.05) is 19.0 Å². The Hall–Kier alpha value is -0.610. The molecule has 0 aromatic carbocycles. The van der Waals surface area contributed by atoms with Gasteiger partial charge >= 0.3 is 0 Å². The standard InChI is InChI=1S/C14H27N3O/c1-12-4-9-17(10-5-12)11-8-16-14(18)13-2-6-15-7-3-13/h12-13,15H,2-11H2,1H3,(H,16,18). The Labute approximate surface area is 110 Å². The Morgan fingerprint density at radius 2 is 1.89 bits per heavy atom. The normalized spacial score (nSPS) is 24.1. The molecule has 0 aliphatic carbocycles. The number of carbonyl (C=O) groups excluding carboxylic acids is 1. The lowest BCUT2D eigenvalue weighted by Crippen LogP contribution is -2.42. The van der Waals surface area contributed by atoms with Crippen LogP contribution < -0.4 is 10.6 Å². The molecule has 0 aromatic rings. The van der Waals surface area contributed by atoms with Crippen molar-refractivity contribution in [1.82, 2.24) is 15.5 Å². The molecule has 2 N–H and O–H groups in total. The van der Waals surface area contributed by atoms with Crippen LogP contribution in [0.4, 0.5) is 0 Å². The molecule has 1 amide bonds. The zero-order valence-electron chi connectivity index (χ0n) is 11.6. The summed E-state index contributed by atoms with van der Waals surface area (Å²) in [5.41, 5.74) is 0. The van der Waals surface area contributed by atoms with E-state index in [2.05, 4.69) is 22.5 Å². The van der Waals surface area contributed by atoms with E-state index in [1.165, 1.54) is 25.9 Å². The molecule has 4 nitrogen and oxygen atoms in total. The molecule has 4 heteroatoms. The third-order valence-corrected chi connectivity index (χ3v) is 4.31. The quantitative estimate of drug-likeness (QED) is 0.780. The molecule has 104 valence electrons. The summed E-state index contributed by atoms with van der Waals surface area (Å²) in [5.74, 6) is 1.39. The van der Waals surface area contributed by atoms with Crippen molar-refractivity contribution in [2.24, 2.45) is 11.8 Å². The van der Waals surface area contributed by atoms with E-state index in [-0.39, 0.29) is 11.8 Å². The minimum atomic E-state index is 0.243. The largest absolute Gasteiger partial charge is 0.355 e. The summed E-state index contributed by atoms with van der Waals surface area (Å²) in [6, 6.07) is 0. The van der Waals surface area contributed by atoms with E-state index in [9.17, 15) is 4.79 Å². The topological polar surface area (TPSA) is 44.4 Å². The summed E-state index contributed by atoms with van der Waals surface area (Å²) < 4.78 is 0. The Balaban J connectivity index is 1.58. The van der Waals surface area contributed by atoms with Crippen LogP contribution >= 0.6 is 0 Å². The van der Waals surface area contributed by atoms with Crippen LogP contribution in [0.15, 0.2) is 0 Å². The summed E-state index contributed by atoms with van der Waals surface area (Å²) in [4.78, 5) is 14.4. The second-order valence-corrected chi connectivity index (χ2v) is 5.84. The highest BCUT2D eigenvalue weighted by atomic mass is 16.1. The van der Waals surface area contributed by atoms with Crippen LogP contribution in [0.3, 0.4) is 0 Å². The minimum Gasteiger partial charge on any atom is -0.355 e. The summed E-state index contributed by atoms with van der Waals surface area (Å²) in [5, 5.41) is 6.40. The zero-order chi connectivity index (χ0) is 12.8. The Morgan fingerprint density at radius 3 is 2.56 bits per heavy atom. The Morgan fingerprint density at radius 1 is 1.22 bits per heavy atom. The summed E-state index contributed by atoms with van der Waals surface area (Å²) in [6.07, 6.45) is 4.60. The highest BCUT2D eigenvalue weighted by molar-refractivity contribution is 5.78. The second-order valence-electron chi connectivity index (χ2n) is 5.84. The number of rotatable bonds is 4. The molecular formula is C14H27N3O. The van der Waals surface area contributed by atoms with Crippen LogP contribution in [0.5, 0.6) is 0 Å². The monoisotopic (exact) mass is 253 g/mol. The van der Waals surface area contributed by atoms with Crippen molar-refractivity contribution in [3.63, 3.8) is 0 Å². The van der Waals surface area contributed by atoms with Crippen molar-refractivity contribution >= 4 is 5.91 Å². The van der Waals surface area contributed by atoms with Gasteiger partial charge in [0.1, 0.15) is 0 Å². The van der Waals surface area contributed by atoms with E-state index in [4.69, 9.17) is 0 Å². The van der Waals surface area contributed by atoms with E-state index in [1.807, 2.05) is 0 Å². The molecule has 18 heavy (non-hydrogen) atoms. The first-order valence-corrected chi connectivity index (χ1v) is 7.46. The summed E-state index contributed by atoms with van der Waals surface area (Å²) in [6.45, 7) is 8.54. The Bertz CT molecular complexity index is 256. The van der Waals surface area contributed by atoms with Crippen molar-refractivity contribution in [1.29, 1.82) is 0 Å². The van der Waals surface area contributed by atoms with Gasteiger partial charge in [0.15, 0.2) is 0 Å². The van der Waals surface area contributed by atoms with Gasteiger partial charge in [-0.05, 0) is 57.8 Å². The molecule has 2 heterocycles. The van der Waals surface area contributed by atoms with Crippen molar-refractivity contribution < 1.29 is 4.79 Å². The van der Waals surface area contributed by atoms with Gasteiger partial charge in [0.2, 0.25) is 5.91 Å². The molecule has 2 saturated heterocycles. The molecule has 0 aromatic heterocycles. The first kappa shape index (κ1) is 13.8. The first-order valence-electron chi connectivity index (χ1n) is 7.46. The molecule has 0 saturated carbocycles. The van der Waals surface area contributed by atoms with E-state index >= 15 is 0 Å². The van der Waals surface area contributed by atoms with Gasteiger partial charge < -0.3 is 15.5 Å². The predicted octanol–water partition coefficient (Wildman–Crippen LogP) is 0.834. The summed E-state index contributed by atoms with van der Waals surface area (Å²) >= 11 is 0. The van der Waals surface area contributed by atoms with Gasteiger partial charge in [-0.15, -0.1) is 0 Å². The van der Waals surface area contributed by atoms with E-state index in [0.29, 0.717) is 0 Å². The minimum absolute atomic E-state index is 0.243. The highest BCUT2D eigenvalue weighted by Crippen LogP contribution is 2.15. The second kappa shape index (κ2) is 7.10. The molecule has 0 unspecified atom stereocenters. The molecule has 0 radical (unpaired) electrons. The number of nitrogens with one attached hydrogen (secondary N) is 2.